The number of ketones is 2. The summed E-state index contributed by atoms with van der Waals surface area (Å²) in [6, 6.07) is 5.71. The minimum Gasteiger partial charge on any atom is -0.380 e. The van der Waals surface area contributed by atoms with Crippen molar-refractivity contribution < 1.29 is 14.3 Å². The molecule has 0 radical (unpaired) electrons. The van der Waals surface area contributed by atoms with Crippen molar-refractivity contribution in [3.05, 3.63) is 34.9 Å². The van der Waals surface area contributed by atoms with Crippen LogP contribution in [-0.4, -0.2) is 24.8 Å². The molecule has 0 spiro atoms. The van der Waals surface area contributed by atoms with Crippen molar-refractivity contribution in [1.82, 2.24) is 0 Å². The average Bonchev–Trinajstić information content (AvgIpc) is 2.29. The van der Waals surface area contributed by atoms with E-state index in [-0.39, 0.29) is 18.2 Å². The normalized spacial score (nSPS) is 20.4. The van der Waals surface area contributed by atoms with E-state index in [1.165, 1.54) is 0 Å². The lowest BCUT2D eigenvalue weighted by molar-refractivity contribution is -0.128. The molecule has 1 fully saturated rings. The van der Waals surface area contributed by atoms with E-state index in [9.17, 15) is 9.59 Å². The minimum atomic E-state index is -0.608. The Balaban J connectivity index is 2.33. The second-order valence-corrected chi connectivity index (χ2v) is 4.47. The quantitative estimate of drug-likeness (QED) is 0.579. The number of ether oxygens (including phenoxy) is 1. The van der Waals surface area contributed by atoms with Crippen molar-refractivity contribution in [1.29, 1.82) is 0 Å². The van der Waals surface area contributed by atoms with Crippen LogP contribution in [0, 0.1) is 19.8 Å². The molecular formula is C14H16O3. The predicted molar refractivity (Wildman–Crippen MR) is 64.2 cm³/mol. The maximum absolute atomic E-state index is 12.4. The summed E-state index contributed by atoms with van der Waals surface area (Å²) in [7, 11) is 0. The van der Waals surface area contributed by atoms with Crippen LogP contribution in [0.25, 0.3) is 0 Å². The molecule has 17 heavy (non-hydrogen) atoms. The van der Waals surface area contributed by atoms with Gasteiger partial charge < -0.3 is 4.74 Å². The number of carbonyl (C=O) groups is 2. The number of aryl methyl sites for hydroxylation is 2. The first-order valence-corrected chi connectivity index (χ1v) is 5.82. The Bertz CT molecular complexity index is 442. The molecule has 0 aliphatic carbocycles. The van der Waals surface area contributed by atoms with E-state index in [0.29, 0.717) is 18.6 Å². The van der Waals surface area contributed by atoms with Gasteiger partial charge in [0.05, 0.1) is 13.2 Å². The smallest absolute Gasteiger partial charge is 0.176 e. The first-order chi connectivity index (χ1) is 8.11. The van der Waals surface area contributed by atoms with E-state index in [1.807, 2.05) is 32.0 Å². The molecule has 3 nitrogen and oxygen atoms in total. The van der Waals surface area contributed by atoms with E-state index in [1.54, 1.807) is 0 Å². The van der Waals surface area contributed by atoms with Gasteiger partial charge in [-0.25, -0.2) is 0 Å². The Labute approximate surface area is 101 Å². The third kappa shape index (κ3) is 2.29. The van der Waals surface area contributed by atoms with E-state index in [0.717, 1.165) is 11.1 Å². The van der Waals surface area contributed by atoms with Crippen LogP contribution in [0.2, 0.25) is 0 Å². The lowest BCUT2D eigenvalue weighted by Crippen LogP contribution is -2.34. The first-order valence-electron chi connectivity index (χ1n) is 5.82. The molecule has 0 amide bonds. The lowest BCUT2D eigenvalue weighted by atomic mass is 9.87. The van der Waals surface area contributed by atoms with Gasteiger partial charge in [0.25, 0.3) is 0 Å². The number of hydrogen-bond donors (Lipinski definition) is 0. The zero-order valence-electron chi connectivity index (χ0n) is 10.2. The molecule has 1 atom stereocenters. The summed E-state index contributed by atoms with van der Waals surface area (Å²) in [5, 5.41) is 0. The van der Waals surface area contributed by atoms with Crippen LogP contribution in [0.15, 0.2) is 18.2 Å². The predicted octanol–water partition coefficient (Wildman–Crippen LogP) is 2.09. The van der Waals surface area contributed by atoms with Gasteiger partial charge in [-0.05, 0) is 25.0 Å². The molecule has 1 heterocycles. The Hall–Kier alpha value is -1.48. The van der Waals surface area contributed by atoms with Gasteiger partial charge in [0.1, 0.15) is 11.7 Å². The van der Waals surface area contributed by atoms with Gasteiger partial charge in [-0.3, -0.25) is 9.59 Å². The molecule has 3 heteroatoms. The van der Waals surface area contributed by atoms with E-state index >= 15 is 0 Å². The van der Waals surface area contributed by atoms with Crippen molar-refractivity contribution in [2.24, 2.45) is 5.92 Å². The molecule has 90 valence electrons. The van der Waals surface area contributed by atoms with Crippen molar-refractivity contribution in [2.75, 3.05) is 13.2 Å². The topological polar surface area (TPSA) is 43.4 Å². The molecule has 1 aromatic rings. The maximum Gasteiger partial charge on any atom is 0.176 e. The molecule has 1 unspecified atom stereocenters. The number of benzene rings is 1. The SMILES string of the molecule is Cc1cccc(C)c1C(=O)C1COCCC1=O. The van der Waals surface area contributed by atoms with Crippen LogP contribution < -0.4 is 0 Å². The van der Waals surface area contributed by atoms with Gasteiger partial charge in [0.2, 0.25) is 0 Å². The van der Waals surface area contributed by atoms with E-state index in [2.05, 4.69) is 0 Å². The van der Waals surface area contributed by atoms with Gasteiger partial charge in [0.15, 0.2) is 5.78 Å². The van der Waals surface area contributed by atoms with Gasteiger partial charge >= 0.3 is 0 Å². The van der Waals surface area contributed by atoms with Crippen LogP contribution in [0.4, 0.5) is 0 Å². The van der Waals surface area contributed by atoms with Gasteiger partial charge in [-0.15, -0.1) is 0 Å². The molecule has 0 saturated carbocycles. The second-order valence-electron chi connectivity index (χ2n) is 4.47. The summed E-state index contributed by atoms with van der Waals surface area (Å²) in [6.45, 7) is 4.46. The van der Waals surface area contributed by atoms with E-state index < -0.39 is 5.92 Å². The summed E-state index contributed by atoms with van der Waals surface area (Å²) in [5.41, 5.74) is 2.53. The number of carbonyl (C=O) groups excluding carboxylic acids is 2. The number of Topliss-reactive ketones (excluding diaryl/α,β-unsaturated/α-hetero) is 2. The molecule has 1 aliphatic heterocycles. The van der Waals surface area contributed by atoms with Crippen LogP contribution in [-0.2, 0) is 9.53 Å². The van der Waals surface area contributed by atoms with Crippen LogP contribution in [0.1, 0.15) is 27.9 Å². The Morgan fingerprint density at radius 3 is 2.53 bits per heavy atom. The van der Waals surface area contributed by atoms with Gasteiger partial charge in [0, 0.05) is 12.0 Å². The Kier molecular flexibility index (Phi) is 3.38. The molecule has 1 aromatic carbocycles. The highest BCUT2D eigenvalue weighted by molar-refractivity contribution is 6.12. The summed E-state index contributed by atoms with van der Waals surface area (Å²) in [6.07, 6.45) is 0.349. The monoisotopic (exact) mass is 232 g/mol. The molecule has 1 saturated heterocycles. The highest BCUT2D eigenvalue weighted by atomic mass is 16.5. The van der Waals surface area contributed by atoms with Crippen LogP contribution in [0.3, 0.4) is 0 Å². The highest BCUT2D eigenvalue weighted by Gasteiger charge is 2.31. The molecular weight excluding hydrogens is 216 g/mol. The minimum absolute atomic E-state index is 0.00361. The second kappa shape index (κ2) is 4.80. The number of rotatable bonds is 2. The van der Waals surface area contributed by atoms with Gasteiger partial charge in [-0.1, -0.05) is 18.2 Å². The summed E-state index contributed by atoms with van der Waals surface area (Å²) in [4.78, 5) is 24.1. The fraction of sp³-hybridized carbons (Fsp3) is 0.429. The fourth-order valence-corrected chi connectivity index (χ4v) is 2.24. The Morgan fingerprint density at radius 2 is 1.94 bits per heavy atom. The maximum atomic E-state index is 12.4. The summed E-state index contributed by atoms with van der Waals surface area (Å²) in [5.74, 6) is -0.697. The molecule has 0 N–H and O–H groups in total. The van der Waals surface area contributed by atoms with E-state index in [4.69, 9.17) is 4.74 Å². The van der Waals surface area contributed by atoms with Crippen molar-refractivity contribution >= 4 is 11.6 Å². The van der Waals surface area contributed by atoms with Crippen molar-refractivity contribution in [2.45, 2.75) is 20.3 Å². The average molecular weight is 232 g/mol. The standard InChI is InChI=1S/C14H16O3/c1-9-4-3-5-10(2)13(9)14(16)11-8-17-7-6-12(11)15/h3-5,11H,6-8H2,1-2H3. The molecule has 0 bridgehead atoms. The Morgan fingerprint density at radius 1 is 1.29 bits per heavy atom. The third-order valence-corrected chi connectivity index (χ3v) is 3.21. The summed E-state index contributed by atoms with van der Waals surface area (Å²) >= 11 is 0. The fourth-order valence-electron chi connectivity index (χ4n) is 2.24. The highest BCUT2D eigenvalue weighted by Crippen LogP contribution is 2.21. The van der Waals surface area contributed by atoms with Crippen LogP contribution >= 0.6 is 0 Å². The van der Waals surface area contributed by atoms with Crippen molar-refractivity contribution in [3.63, 3.8) is 0 Å². The van der Waals surface area contributed by atoms with Gasteiger partial charge in [-0.2, -0.15) is 0 Å². The largest absolute Gasteiger partial charge is 0.380 e. The third-order valence-electron chi connectivity index (χ3n) is 3.21. The lowest BCUT2D eigenvalue weighted by Gasteiger charge is -2.21. The summed E-state index contributed by atoms with van der Waals surface area (Å²) < 4.78 is 5.23. The first kappa shape index (κ1) is 12.0. The number of hydrogen-bond acceptors (Lipinski definition) is 3. The zero-order chi connectivity index (χ0) is 12.4. The van der Waals surface area contributed by atoms with Crippen LogP contribution in [0.5, 0.6) is 0 Å². The van der Waals surface area contributed by atoms with Crippen molar-refractivity contribution in [3.8, 4) is 0 Å². The zero-order valence-corrected chi connectivity index (χ0v) is 10.2. The molecule has 2 rings (SSSR count). The molecule has 0 aromatic heterocycles. The molecule has 1 aliphatic rings.